The van der Waals surface area contributed by atoms with Gasteiger partial charge >= 0.3 is 0 Å². The van der Waals surface area contributed by atoms with E-state index in [0.29, 0.717) is 27.4 Å². The third-order valence-corrected chi connectivity index (χ3v) is 3.37. The molecule has 102 valence electrons. The first-order chi connectivity index (χ1) is 9.12. The lowest BCUT2D eigenvalue weighted by molar-refractivity contribution is 0.397. The average molecular weight is 282 g/mol. The molecular formula is C14H16ClNO3. The molecule has 0 aliphatic heterocycles. The molecule has 0 aliphatic rings. The zero-order chi connectivity index (χ0) is 14.0. The van der Waals surface area contributed by atoms with Gasteiger partial charge in [-0.15, -0.1) is 0 Å². The lowest BCUT2D eigenvalue weighted by Gasteiger charge is -2.12. The van der Waals surface area contributed by atoms with E-state index < -0.39 is 0 Å². The first-order valence-corrected chi connectivity index (χ1v) is 6.46. The Morgan fingerprint density at radius 1 is 1.21 bits per heavy atom. The number of aryl methyl sites for hydroxylation is 1. The van der Waals surface area contributed by atoms with Crippen LogP contribution in [0.3, 0.4) is 0 Å². The van der Waals surface area contributed by atoms with Crippen LogP contribution in [-0.4, -0.2) is 19.2 Å². The molecule has 0 unspecified atom stereocenters. The second-order valence-corrected chi connectivity index (χ2v) is 4.63. The number of hydrogen-bond acceptors (Lipinski definition) is 3. The summed E-state index contributed by atoms with van der Waals surface area (Å²) in [5.74, 6) is 0.978. The van der Waals surface area contributed by atoms with E-state index in [1.54, 1.807) is 19.2 Å². The normalized spacial score (nSPS) is 10.7. The summed E-state index contributed by atoms with van der Waals surface area (Å²) in [6.45, 7) is 2.06. The number of nitrogens with one attached hydrogen (secondary N) is 1. The second-order valence-electron chi connectivity index (χ2n) is 4.25. The van der Waals surface area contributed by atoms with Gasteiger partial charge < -0.3 is 14.5 Å². The minimum absolute atomic E-state index is 0.126. The van der Waals surface area contributed by atoms with Crippen LogP contribution in [0, 0.1) is 0 Å². The van der Waals surface area contributed by atoms with Crippen LogP contribution in [0.15, 0.2) is 16.9 Å². The fourth-order valence-electron chi connectivity index (χ4n) is 2.11. The van der Waals surface area contributed by atoms with Crippen molar-refractivity contribution in [2.75, 3.05) is 14.2 Å². The van der Waals surface area contributed by atoms with Gasteiger partial charge in [-0.2, -0.15) is 0 Å². The maximum absolute atomic E-state index is 12.2. The highest BCUT2D eigenvalue weighted by atomic mass is 35.5. The largest absolute Gasteiger partial charge is 0.495 e. The quantitative estimate of drug-likeness (QED) is 0.936. The number of H-pyrrole nitrogens is 1. The van der Waals surface area contributed by atoms with Gasteiger partial charge in [0.15, 0.2) is 5.43 Å². The number of rotatable bonds is 4. The zero-order valence-electron chi connectivity index (χ0n) is 11.2. The van der Waals surface area contributed by atoms with E-state index in [1.807, 2.05) is 0 Å². The van der Waals surface area contributed by atoms with Gasteiger partial charge in [0.1, 0.15) is 11.5 Å². The molecule has 0 spiro atoms. The number of methoxy groups -OCH3 is 2. The van der Waals surface area contributed by atoms with Crippen LogP contribution in [0.2, 0.25) is 5.02 Å². The summed E-state index contributed by atoms with van der Waals surface area (Å²) < 4.78 is 10.5. The van der Waals surface area contributed by atoms with Crippen LogP contribution in [0.5, 0.6) is 11.5 Å². The first-order valence-electron chi connectivity index (χ1n) is 6.08. The fourth-order valence-corrected chi connectivity index (χ4v) is 2.43. The summed E-state index contributed by atoms with van der Waals surface area (Å²) in [7, 11) is 3.05. The molecule has 0 radical (unpaired) electrons. The van der Waals surface area contributed by atoms with Crippen LogP contribution in [0.1, 0.15) is 19.0 Å². The van der Waals surface area contributed by atoms with Gasteiger partial charge in [-0.1, -0.05) is 24.9 Å². The van der Waals surface area contributed by atoms with Gasteiger partial charge in [-0.25, -0.2) is 0 Å². The van der Waals surface area contributed by atoms with Crippen molar-refractivity contribution in [3.8, 4) is 11.5 Å². The van der Waals surface area contributed by atoms with Gasteiger partial charge in [-0.3, -0.25) is 4.79 Å². The Kier molecular flexibility index (Phi) is 4.00. The van der Waals surface area contributed by atoms with Crippen molar-refractivity contribution in [1.29, 1.82) is 0 Å². The van der Waals surface area contributed by atoms with E-state index in [-0.39, 0.29) is 5.43 Å². The maximum Gasteiger partial charge on any atom is 0.191 e. The summed E-state index contributed by atoms with van der Waals surface area (Å²) in [4.78, 5) is 15.4. The Hall–Kier alpha value is -1.68. The maximum atomic E-state index is 12.2. The van der Waals surface area contributed by atoms with Crippen LogP contribution in [-0.2, 0) is 6.42 Å². The van der Waals surface area contributed by atoms with Gasteiger partial charge in [-0.05, 0) is 6.42 Å². The molecule has 0 aliphatic carbocycles. The zero-order valence-corrected chi connectivity index (χ0v) is 11.9. The van der Waals surface area contributed by atoms with Crippen molar-refractivity contribution in [3.63, 3.8) is 0 Å². The van der Waals surface area contributed by atoms with Crippen molar-refractivity contribution in [3.05, 3.63) is 33.1 Å². The van der Waals surface area contributed by atoms with Crippen LogP contribution in [0.4, 0.5) is 0 Å². The number of aromatic nitrogens is 1. The Bertz CT molecular complexity index is 664. The Labute approximate surface area is 116 Å². The van der Waals surface area contributed by atoms with Gasteiger partial charge in [0.2, 0.25) is 0 Å². The molecule has 4 nitrogen and oxygen atoms in total. The third kappa shape index (κ3) is 2.40. The topological polar surface area (TPSA) is 51.3 Å². The van der Waals surface area contributed by atoms with Crippen LogP contribution in [0.25, 0.3) is 10.9 Å². The monoisotopic (exact) mass is 281 g/mol. The average Bonchev–Trinajstić information content (AvgIpc) is 2.39. The molecule has 5 heteroatoms. The molecule has 2 rings (SSSR count). The standard InChI is InChI=1S/C14H16ClNO3/c1-4-5-8-6-9(17)12-13(15)10(18-2)7-11(19-3)14(12)16-8/h6-7H,4-5H2,1-3H3,(H,16,17). The lowest BCUT2D eigenvalue weighted by Crippen LogP contribution is -2.07. The third-order valence-electron chi connectivity index (χ3n) is 2.99. The SMILES string of the molecule is CCCc1cc(=O)c2c(Cl)c(OC)cc(OC)c2[nH]1. The minimum atomic E-state index is -0.126. The molecule has 1 N–H and O–H groups in total. The molecule has 1 aromatic carbocycles. The van der Waals surface area contributed by atoms with E-state index in [2.05, 4.69) is 11.9 Å². The predicted octanol–water partition coefficient (Wildman–Crippen LogP) is 3.15. The van der Waals surface area contributed by atoms with Crippen molar-refractivity contribution in [1.82, 2.24) is 4.98 Å². The van der Waals surface area contributed by atoms with Crippen molar-refractivity contribution >= 4 is 22.5 Å². The molecular weight excluding hydrogens is 266 g/mol. The number of benzene rings is 1. The second kappa shape index (κ2) is 5.53. The van der Waals surface area contributed by atoms with Crippen LogP contribution >= 0.6 is 11.6 Å². The van der Waals surface area contributed by atoms with E-state index >= 15 is 0 Å². The molecule has 1 aromatic heterocycles. The highest BCUT2D eigenvalue weighted by molar-refractivity contribution is 6.37. The lowest BCUT2D eigenvalue weighted by atomic mass is 10.1. The Morgan fingerprint density at radius 2 is 1.89 bits per heavy atom. The number of ether oxygens (including phenoxy) is 2. The van der Waals surface area contributed by atoms with Gasteiger partial charge in [0, 0.05) is 17.8 Å². The molecule has 2 aromatic rings. The highest BCUT2D eigenvalue weighted by Gasteiger charge is 2.15. The molecule has 0 saturated carbocycles. The molecule has 0 bridgehead atoms. The van der Waals surface area contributed by atoms with Gasteiger partial charge in [0.25, 0.3) is 0 Å². The van der Waals surface area contributed by atoms with E-state index in [9.17, 15) is 4.79 Å². The number of pyridine rings is 1. The van der Waals surface area contributed by atoms with Crippen molar-refractivity contribution < 1.29 is 9.47 Å². The summed E-state index contributed by atoms with van der Waals surface area (Å²) in [6, 6.07) is 3.26. The smallest absolute Gasteiger partial charge is 0.191 e. The molecule has 0 fully saturated rings. The summed E-state index contributed by atoms with van der Waals surface area (Å²) in [6.07, 6.45) is 1.76. The summed E-state index contributed by atoms with van der Waals surface area (Å²) in [5, 5.41) is 0.709. The van der Waals surface area contributed by atoms with Crippen LogP contribution < -0.4 is 14.9 Å². The van der Waals surface area contributed by atoms with Gasteiger partial charge in [0.05, 0.1) is 30.1 Å². The molecule has 0 amide bonds. The highest BCUT2D eigenvalue weighted by Crippen LogP contribution is 2.36. The van der Waals surface area contributed by atoms with E-state index in [0.717, 1.165) is 18.5 Å². The van der Waals surface area contributed by atoms with Crippen molar-refractivity contribution in [2.45, 2.75) is 19.8 Å². The molecule has 0 atom stereocenters. The number of hydrogen-bond donors (Lipinski definition) is 1. The summed E-state index contributed by atoms with van der Waals surface area (Å²) in [5.41, 5.74) is 1.36. The fraction of sp³-hybridized carbons (Fsp3) is 0.357. The number of aromatic amines is 1. The number of fused-ring (bicyclic) bond motifs is 1. The number of halogens is 1. The molecule has 0 saturated heterocycles. The molecule has 19 heavy (non-hydrogen) atoms. The minimum Gasteiger partial charge on any atom is -0.495 e. The summed E-state index contributed by atoms with van der Waals surface area (Å²) >= 11 is 6.20. The van der Waals surface area contributed by atoms with E-state index in [1.165, 1.54) is 7.11 Å². The Balaban J connectivity index is 2.84. The van der Waals surface area contributed by atoms with E-state index in [4.69, 9.17) is 21.1 Å². The first kappa shape index (κ1) is 13.7. The van der Waals surface area contributed by atoms with Crippen molar-refractivity contribution in [2.24, 2.45) is 0 Å². The Morgan fingerprint density at radius 3 is 2.47 bits per heavy atom. The molecule has 1 heterocycles. The predicted molar refractivity (Wildman–Crippen MR) is 76.7 cm³/mol.